The molecule has 1 aromatic heterocycles. The summed E-state index contributed by atoms with van der Waals surface area (Å²) in [6.07, 6.45) is -6.70. The smallest absolute Gasteiger partial charge is 0.200 e. The molecule has 1 heterocycles. The van der Waals surface area contributed by atoms with Crippen LogP contribution in [0.1, 0.15) is 44.1 Å². The second-order valence-electron chi connectivity index (χ2n) is 5.97. The molecule has 0 aliphatic heterocycles. The van der Waals surface area contributed by atoms with E-state index in [1.54, 1.807) is 0 Å². The fourth-order valence-electron chi connectivity index (χ4n) is 2.30. The van der Waals surface area contributed by atoms with Crippen molar-refractivity contribution in [1.82, 2.24) is 0 Å². The number of aryl methyl sites for hydroxylation is 1. The summed E-state index contributed by atoms with van der Waals surface area (Å²) in [7, 11) is 0. The van der Waals surface area contributed by atoms with E-state index in [0.29, 0.717) is 25.7 Å². The summed E-state index contributed by atoms with van der Waals surface area (Å²) >= 11 is 8.18. The molecule has 0 aromatic carbocycles. The molecule has 0 nitrogen and oxygen atoms in total. The third-order valence-electron chi connectivity index (χ3n) is 3.87. The third-order valence-corrected chi connectivity index (χ3v) is 6.34. The first-order valence-corrected chi connectivity index (χ1v) is 10.2. The van der Waals surface area contributed by atoms with Gasteiger partial charge in [0.2, 0.25) is 0 Å². The van der Waals surface area contributed by atoms with Crippen LogP contribution in [0.3, 0.4) is 0 Å². The van der Waals surface area contributed by atoms with E-state index in [2.05, 4.69) is 31.9 Å². The number of hydrogen-bond acceptors (Lipinski definition) is 1. The Morgan fingerprint density at radius 1 is 0.741 bits per heavy atom. The molecule has 158 valence electrons. The molecule has 0 amide bonds. The number of rotatable bonds is 10. The van der Waals surface area contributed by atoms with E-state index >= 15 is 0 Å². The monoisotopic (exact) mass is 556 g/mol. The molecular formula is C15H15Br2F9S. The van der Waals surface area contributed by atoms with Crippen LogP contribution in [-0.4, -0.2) is 23.9 Å². The first kappa shape index (κ1) is 25.1. The van der Waals surface area contributed by atoms with Gasteiger partial charge in [-0.25, -0.2) is 0 Å². The van der Waals surface area contributed by atoms with Gasteiger partial charge >= 0.3 is 23.9 Å². The summed E-state index contributed by atoms with van der Waals surface area (Å²) in [5.74, 6) is -18.8. The Balaban J connectivity index is 2.40. The van der Waals surface area contributed by atoms with Crippen LogP contribution in [0.15, 0.2) is 13.6 Å². The molecule has 0 aliphatic rings. The maximum Gasteiger partial charge on any atom is 0.460 e. The van der Waals surface area contributed by atoms with Gasteiger partial charge in [-0.05, 0) is 62.8 Å². The van der Waals surface area contributed by atoms with Crippen LogP contribution in [0.4, 0.5) is 39.5 Å². The molecule has 0 saturated heterocycles. The van der Waals surface area contributed by atoms with E-state index in [4.69, 9.17) is 0 Å². The van der Waals surface area contributed by atoms with Crippen LogP contribution < -0.4 is 0 Å². The van der Waals surface area contributed by atoms with Crippen LogP contribution in [0.5, 0.6) is 0 Å². The van der Waals surface area contributed by atoms with Gasteiger partial charge in [-0.3, -0.25) is 0 Å². The minimum absolute atomic E-state index is 0.0256. The highest BCUT2D eigenvalue weighted by atomic mass is 79.9. The second-order valence-corrected chi connectivity index (χ2v) is 9.72. The van der Waals surface area contributed by atoms with Gasteiger partial charge in [0.15, 0.2) is 0 Å². The summed E-state index contributed by atoms with van der Waals surface area (Å²) in [6, 6.07) is 1.91. The lowest BCUT2D eigenvalue weighted by molar-refractivity contribution is -0.396. The highest BCUT2D eigenvalue weighted by Crippen LogP contribution is 2.54. The van der Waals surface area contributed by atoms with E-state index in [1.165, 1.54) is 11.3 Å². The van der Waals surface area contributed by atoms with E-state index in [0.717, 1.165) is 13.1 Å². The van der Waals surface area contributed by atoms with Crippen LogP contribution in [0.25, 0.3) is 0 Å². The molecule has 1 rings (SSSR count). The lowest BCUT2D eigenvalue weighted by atomic mass is 9.97. The number of halogens is 11. The van der Waals surface area contributed by atoms with Crippen molar-refractivity contribution in [3.8, 4) is 0 Å². The van der Waals surface area contributed by atoms with Gasteiger partial charge in [0.1, 0.15) is 0 Å². The Morgan fingerprint density at radius 3 is 1.74 bits per heavy atom. The quantitative estimate of drug-likeness (QED) is 0.199. The Labute approximate surface area is 170 Å². The van der Waals surface area contributed by atoms with Gasteiger partial charge in [0.25, 0.3) is 0 Å². The third kappa shape index (κ3) is 6.01. The lowest BCUT2D eigenvalue weighted by Gasteiger charge is -2.33. The first-order valence-electron chi connectivity index (χ1n) is 7.77. The highest BCUT2D eigenvalue weighted by molar-refractivity contribution is 9.12. The van der Waals surface area contributed by atoms with E-state index in [9.17, 15) is 39.5 Å². The largest absolute Gasteiger partial charge is 0.460 e. The zero-order valence-electron chi connectivity index (χ0n) is 13.6. The lowest BCUT2D eigenvalue weighted by Crippen LogP contribution is -2.60. The molecule has 0 atom stereocenters. The van der Waals surface area contributed by atoms with Gasteiger partial charge in [-0.2, -0.15) is 39.5 Å². The molecule has 0 saturated carbocycles. The summed E-state index contributed by atoms with van der Waals surface area (Å²) < 4.78 is 116. The van der Waals surface area contributed by atoms with Crippen molar-refractivity contribution in [2.75, 3.05) is 0 Å². The Bertz CT molecular complexity index is 611. The van der Waals surface area contributed by atoms with Crippen molar-refractivity contribution in [3.63, 3.8) is 0 Å². The highest BCUT2D eigenvalue weighted by Gasteiger charge is 2.81. The van der Waals surface area contributed by atoms with Crippen LogP contribution in [0, 0.1) is 0 Å². The standard InChI is InChI=1S/C15H15Br2F9S/c16-10-8-9(11(17)27-10)6-4-2-1-3-5-7-12(18,19)13(20,21)14(22,23)15(24,25)26/h8H,1-7H2. The molecular weight excluding hydrogens is 543 g/mol. The second kappa shape index (κ2) is 9.23. The van der Waals surface area contributed by atoms with Crippen molar-refractivity contribution in [3.05, 3.63) is 19.2 Å². The fourth-order valence-corrected chi connectivity index (χ4v) is 5.22. The van der Waals surface area contributed by atoms with E-state index in [-0.39, 0.29) is 6.42 Å². The van der Waals surface area contributed by atoms with Crippen molar-refractivity contribution in [2.24, 2.45) is 0 Å². The molecule has 12 heteroatoms. The number of hydrogen-bond donors (Lipinski definition) is 0. The van der Waals surface area contributed by atoms with Crippen molar-refractivity contribution in [1.29, 1.82) is 0 Å². The minimum atomic E-state index is -6.80. The number of thiophene rings is 1. The van der Waals surface area contributed by atoms with Crippen LogP contribution >= 0.6 is 43.2 Å². The van der Waals surface area contributed by atoms with Crippen molar-refractivity contribution in [2.45, 2.75) is 68.9 Å². The predicted molar refractivity (Wildman–Crippen MR) is 92.0 cm³/mol. The zero-order chi connectivity index (χ0) is 21.1. The van der Waals surface area contributed by atoms with Crippen LogP contribution in [-0.2, 0) is 6.42 Å². The Kier molecular flexibility index (Phi) is 8.57. The SMILES string of the molecule is FC(F)(F)C(F)(F)C(F)(F)C(F)(F)CCCCCCCc1cc(Br)sc1Br. The van der Waals surface area contributed by atoms with E-state index < -0.39 is 36.8 Å². The molecule has 0 N–H and O–H groups in total. The van der Waals surface area contributed by atoms with Gasteiger partial charge < -0.3 is 0 Å². The Hall–Kier alpha value is 0.0300. The predicted octanol–water partition coefficient (Wildman–Crippen LogP) is 8.62. The van der Waals surface area contributed by atoms with Crippen molar-refractivity contribution < 1.29 is 39.5 Å². The van der Waals surface area contributed by atoms with Crippen molar-refractivity contribution >= 4 is 43.2 Å². The average Bonchev–Trinajstić information content (AvgIpc) is 2.82. The van der Waals surface area contributed by atoms with Crippen LogP contribution in [0.2, 0.25) is 0 Å². The molecule has 27 heavy (non-hydrogen) atoms. The number of unbranched alkanes of at least 4 members (excludes halogenated alkanes) is 4. The molecule has 0 bridgehead atoms. The molecule has 0 unspecified atom stereocenters. The minimum Gasteiger partial charge on any atom is -0.200 e. The molecule has 0 aliphatic carbocycles. The maximum absolute atomic E-state index is 13.3. The summed E-state index contributed by atoms with van der Waals surface area (Å²) in [5.41, 5.74) is 1.05. The van der Waals surface area contributed by atoms with Gasteiger partial charge in [0, 0.05) is 6.42 Å². The van der Waals surface area contributed by atoms with Gasteiger partial charge in [-0.1, -0.05) is 19.3 Å². The van der Waals surface area contributed by atoms with E-state index in [1.807, 2.05) is 6.07 Å². The maximum atomic E-state index is 13.3. The topological polar surface area (TPSA) is 0 Å². The molecule has 1 aromatic rings. The molecule has 0 radical (unpaired) electrons. The average molecular weight is 558 g/mol. The number of alkyl halides is 9. The Morgan fingerprint density at radius 2 is 1.26 bits per heavy atom. The van der Waals surface area contributed by atoms with Gasteiger partial charge in [-0.15, -0.1) is 11.3 Å². The normalized spacial score (nSPS) is 14.0. The zero-order valence-corrected chi connectivity index (χ0v) is 17.6. The molecule has 0 fully saturated rings. The first-order chi connectivity index (χ1) is 12.1. The summed E-state index contributed by atoms with van der Waals surface area (Å²) in [4.78, 5) is 0. The van der Waals surface area contributed by atoms with Gasteiger partial charge in [0.05, 0.1) is 7.57 Å². The fraction of sp³-hybridized carbons (Fsp3) is 0.733. The molecule has 0 spiro atoms. The summed E-state index contributed by atoms with van der Waals surface area (Å²) in [6.45, 7) is 0. The summed E-state index contributed by atoms with van der Waals surface area (Å²) in [5, 5.41) is 0.